The molecule has 0 saturated carbocycles. The van der Waals surface area contributed by atoms with Crippen LogP contribution in [0.3, 0.4) is 0 Å². The summed E-state index contributed by atoms with van der Waals surface area (Å²) < 4.78 is 29.0. The molecule has 1 rings (SSSR count). The first-order valence-corrected chi connectivity index (χ1v) is 6.61. The maximum Gasteiger partial charge on any atom is 0.338 e. The van der Waals surface area contributed by atoms with Gasteiger partial charge in [0.1, 0.15) is 17.3 Å². The largest absolute Gasteiger partial charge is 0.458 e. The first-order valence-electron chi connectivity index (χ1n) is 6.61. The number of allylic oxidation sites excluding steroid dienone is 2. The minimum Gasteiger partial charge on any atom is -0.458 e. The van der Waals surface area contributed by atoms with E-state index in [4.69, 9.17) is 14.2 Å². The molecule has 23 heavy (non-hydrogen) atoms. The molecule has 5 nitrogen and oxygen atoms in total. The summed E-state index contributed by atoms with van der Waals surface area (Å²) >= 11 is 0. The van der Waals surface area contributed by atoms with E-state index in [9.17, 15) is 14.0 Å². The molecule has 122 valence electrons. The molecule has 1 aromatic rings. The van der Waals surface area contributed by atoms with Crippen LogP contribution in [-0.4, -0.2) is 11.9 Å². The molecule has 0 aliphatic carbocycles. The molecule has 0 atom stereocenters. The second-order valence-corrected chi connectivity index (χ2v) is 4.60. The van der Waals surface area contributed by atoms with Gasteiger partial charge in [0.2, 0.25) is 0 Å². The van der Waals surface area contributed by atoms with Crippen LogP contribution < -0.4 is 9.47 Å². The van der Waals surface area contributed by atoms with Crippen LogP contribution in [0.4, 0.5) is 4.39 Å². The number of carbonyl (C=O) groups is 2. The van der Waals surface area contributed by atoms with Crippen molar-refractivity contribution in [3.05, 3.63) is 60.3 Å². The van der Waals surface area contributed by atoms with Gasteiger partial charge in [-0.3, -0.25) is 0 Å². The number of carbonyl (C=O) groups excluding carboxylic acids is 2. The number of halogens is 1. The van der Waals surface area contributed by atoms with E-state index in [1.807, 2.05) is 0 Å². The van der Waals surface area contributed by atoms with E-state index in [0.29, 0.717) is 0 Å². The van der Waals surface area contributed by atoms with Gasteiger partial charge in [0.15, 0.2) is 11.6 Å². The summed E-state index contributed by atoms with van der Waals surface area (Å²) in [6.07, 6.45) is 1.02. The van der Waals surface area contributed by atoms with Crippen molar-refractivity contribution in [3.8, 4) is 11.5 Å². The topological polar surface area (TPSA) is 61.8 Å². The molecule has 0 spiro atoms. The second-order valence-electron chi connectivity index (χ2n) is 4.60. The van der Waals surface area contributed by atoms with Gasteiger partial charge in [-0.2, -0.15) is 0 Å². The number of ether oxygens (including phenoxy) is 3. The Labute approximate surface area is 133 Å². The number of hydrogen-bond acceptors (Lipinski definition) is 5. The average molecular weight is 320 g/mol. The molecule has 0 unspecified atom stereocenters. The molecule has 0 heterocycles. The Kier molecular flexibility index (Phi) is 6.26. The average Bonchev–Trinajstić information content (AvgIpc) is 2.49. The van der Waals surface area contributed by atoms with E-state index in [2.05, 4.69) is 13.2 Å². The predicted molar refractivity (Wildman–Crippen MR) is 82.1 cm³/mol. The van der Waals surface area contributed by atoms with Gasteiger partial charge in [-0.05, 0) is 32.9 Å². The Morgan fingerprint density at radius 1 is 1.13 bits per heavy atom. The van der Waals surface area contributed by atoms with Gasteiger partial charge in [0.05, 0.1) is 0 Å². The van der Waals surface area contributed by atoms with Crippen molar-refractivity contribution in [2.24, 2.45) is 0 Å². The monoisotopic (exact) mass is 320 g/mol. The van der Waals surface area contributed by atoms with Crippen LogP contribution in [0.15, 0.2) is 54.5 Å². The third kappa shape index (κ3) is 5.43. The van der Waals surface area contributed by atoms with Crippen molar-refractivity contribution in [1.29, 1.82) is 0 Å². The summed E-state index contributed by atoms with van der Waals surface area (Å²) in [5.41, 5.74) is 0.156. The van der Waals surface area contributed by atoms with Gasteiger partial charge in [0.25, 0.3) is 0 Å². The normalized spacial score (nSPS) is 11.1. The van der Waals surface area contributed by atoms with E-state index in [0.717, 1.165) is 12.1 Å². The Bertz CT molecular complexity index is 688. The molecule has 0 aliphatic heterocycles. The van der Waals surface area contributed by atoms with Gasteiger partial charge >= 0.3 is 11.9 Å². The van der Waals surface area contributed by atoms with Gasteiger partial charge in [-0.25, -0.2) is 14.0 Å². The fourth-order valence-corrected chi connectivity index (χ4v) is 1.33. The highest BCUT2D eigenvalue weighted by Gasteiger charge is 2.12. The molecule has 0 aromatic heterocycles. The summed E-state index contributed by atoms with van der Waals surface area (Å²) in [4.78, 5) is 22.5. The molecule has 1 aromatic carbocycles. The minimum absolute atomic E-state index is 0.156. The summed E-state index contributed by atoms with van der Waals surface area (Å²) in [7, 11) is 0. The summed E-state index contributed by atoms with van der Waals surface area (Å²) in [6.45, 7) is 11.2. The highest BCUT2D eigenvalue weighted by atomic mass is 19.1. The van der Waals surface area contributed by atoms with Gasteiger partial charge in [-0.15, -0.1) is 0 Å². The fourth-order valence-electron chi connectivity index (χ4n) is 1.33. The lowest BCUT2D eigenvalue weighted by Gasteiger charge is -2.11. The van der Waals surface area contributed by atoms with Crippen LogP contribution in [0, 0.1) is 5.82 Å². The zero-order valence-corrected chi connectivity index (χ0v) is 13.1. The molecule has 0 saturated heterocycles. The number of hydrogen-bond donors (Lipinski definition) is 0. The highest BCUT2D eigenvalue weighted by molar-refractivity contribution is 5.88. The number of benzene rings is 1. The van der Waals surface area contributed by atoms with Crippen LogP contribution in [-0.2, 0) is 14.3 Å². The van der Waals surface area contributed by atoms with Crippen molar-refractivity contribution in [1.82, 2.24) is 0 Å². The van der Waals surface area contributed by atoms with E-state index >= 15 is 0 Å². The maximum absolute atomic E-state index is 13.9. The fraction of sp³-hybridized carbons (Fsp3) is 0.176. The lowest BCUT2D eigenvalue weighted by Crippen LogP contribution is -2.09. The lowest BCUT2D eigenvalue weighted by molar-refractivity contribution is -0.134. The summed E-state index contributed by atoms with van der Waals surface area (Å²) in [5.74, 6) is -1.71. The van der Waals surface area contributed by atoms with Gasteiger partial charge in [-0.1, -0.05) is 13.2 Å². The molecule has 0 bridgehead atoms. The van der Waals surface area contributed by atoms with E-state index in [1.165, 1.54) is 26.0 Å². The van der Waals surface area contributed by atoms with Gasteiger partial charge < -0.3 is 14.2 Å². The molecule has 0 fully saturated rings. The zero-order chi connectivity index (χ0) is 17.6. The van der Waals surface area contributed by atoms with Crippen molar-refractivity contribution >= 4 is 11.9 Å². The summed E-state index contributed by atoms with van der Waals surface area (Å²) in [5, 5.41) is 0. The zero-order valence-electron chi connectivity index (χ0n) is 13.1. The predicted octanol–water partition coefficient (Wildman–Crippen LogP) is 3.67. The number of esters is 2. The Morgan fingerprint density at radius 2 is 1.78 bits per heavy atom. The van der Waals surface area contributed by atoms with E-state index < -0.39 is 17.8 Å². The van der Waals surface area contributed by atoms with Crippen LogP contribution >= 0.6 is 0 Å². The molecule has 0 amide bonds. The third-order valence-corrected chi connectivity index (χ3v) is 2.64. The molecule has 6 heteroatoms. The number of rotatable bonds is 6. The second kappa shape index (κ2) is 7.93. The van der Waals surface area contributed by atoms with Crippen LogP contribution in [0.25, 0.3) is 0 Å². The molecular formula is C17H17FO5. The molecular weight excluding hydrogens is 303 g/mol. The first-order chi connectivity index (χ1) is 10.7. The van der Waals surface area contributed by atoms with E-state index in [1.54, 1.807) is 6.92 Å². The highest BCUT2D eigenvalue weighted by Crippen LogP contribution is 2.25. The van der Waals surface area contributed by atoms with Crippen molar-refractivity contribution in [2.75, 3.05) is 0 Å². The maximum atomic E-state index is 13.9. The smallest absolute Gasteiger partial charge is 0.338 e. The third-order valence-electron chi connectivity index (χ3n) is 2.64. The summed E-state index contributed by atoms with van der Waals surface area (Å²) in [6, 6.07) is 3.72. The Balaban J connectivity index is 2.87. The van der Waals surface area contributed by atoms with Crippen LogP contribution in [0.5, 0.6) is 11.5 Å². The quantitative estimate of drug-likeness (QED) is 0.346. The molecule has 0 N–H and O–H groups in total. The molecule has 0 radical (unpaired) electrons. The Morgan fingerprint density at radius 3 is 2.30 bits per heavy atom. The first kappa shape index (κ1) is 18.2. The van der Waals surface area contributed by atoms with Crippen molar-refractivity contribution < 1.29 is 28.2 Å². The SMILES string of the molecule is C=CC(=O)O/C(C)=C(\C)Oc1ccc(OC(=O)C(=C)C)c(F)c1. The minimum atomic E-state index is -0.773. The Hall–Kier alpha value is -2.89. The van der Waals surface area contributed by atoms with Crippen molar-refractivity contribution in [2.45, 2.75) is 20.8 Å². The molecule has 0 aliphatic rings. The van der Waals surface area contributed by atoms with Gasteiger partial charge in [0, 0.05) is 17.7 Å². The van der Waals surface area contributed by atoms with Crippen LogP contribution in [0.2, 0.25) is 0 Å². The van der Waals surface area contributed by atoms with E-state index in [-0.39, 0.29) is 28.6 Å². The standard InChI is InChI=1S/C17H17FO5/c1-6-16(19)22-12(5)11(4)21-13-7-8-15(14(18)9-13)23-17(20)10(2)3/h6-9H,1-2H2,3-5H3/b12-11+. The lowest BCUT2D eigenvalue weighted by atomic mass is 10.3. The van der Waals surface area contributed by atoms with Crippen molar-refractivity contribution in [3.63, 3.8) is 0 Å². The van der Waals surface area contributed by atoms with Crippen LogP contribution in [0.1, 0.15) is 20.8 Å².